The smallest absolute Gasteiger partial charge is 0.175 e. The molecule has 0 aromatic heterocycles. The fourth-order valence-corrected chi connectivity index (χ4v) is 2.63. The van der Waals surface area contributed by atoms with Crippen LogP contribution < -0.4 is 18.9 Å². The molecule has 0 heterocycles. The first-order valence-electron chi connectivity index (χ1n) is 7.44. The Bertz CT molecular complexity index is 727. The molecule has 0 amide bonds. The minimum absolute atomic E-state index is 0.322. The van der Waals surface area contributed by atoms with Crippen LogP contribution in [0.3, 0.4) is 0 Å². The van der Waals surface area contributed by atoms with Gasteiger partial charge in [0.05, 0.1) is 29.8 Å². The molecule has 0 spiro atoms. The molecule has 2 aromatic carbocycles. The summed E-state index contributed by atoms with van der Waals surface area (Å²) in [5, 5.41) is 9.04. The average Bonchev–Trinajstić information content (AvgIpc) is 2.60. The van der Waals surface area contributed by atoms with E-state index in [2.05, 4.69) is 22.0 Å². The van der Waals surface area contributed by atoms with Crippen molar-refractivity contribution < 1.29 is 18.9 Å². The maximum Gasteiger partial charge on any atom is 0.175 e. The first-order valence-corrected chi connectivity index (χ1v) is 8.24. The predicted molar refractivity (Wildman–Crippen MR) is 94.0 cm³/mol. The third-order valence-corrected chi connectivity index (χ3v) is 3.68. The summed E-state index contributed by atoms with van der Waals surface area (Å²) in [6.45, 7) is 3.03. The summed E-state index contributed by atoms with van der Waals surface area (Å²) >= 11 is 3.41. The van der Waals surface area contributed by atoms with Crippen molar-refractivity contribution in [1.82, 2.24) is 0 Å². The van der Waals surface area contributed by atoms with Crippen LogP contribution in [0.2, 0.25) is 0 Å². The van der Waals surface area contributed by atoms with E-state index in [0.29, 0.717) is 52.9 Å². The zero-order valence-corrected chi connectivity index (χ0v) is 15.1. The van der Waals surface area contributed by atoms with Gasteiger partial charge in [-0.1, -0.05) is 12.1 Å². The van der Waals surface area contributed by atoms with Gasteiger partial charge in [0.2, 0.25) is 0 Å². The molecule has 0 saturated carbocycles. The van der Waals surface area contributed by atoms with Gasteiger partial charge < -0.3 is 18.9 Å². The molecule has 0 aliphatic carbocycles. The highest BCUT2D eigenvalue weighted by Crippen LogP contribution is 2.36. The van der Waals surface area contributed by atoms with Crippen molar-refractivity contribution >= 4 is 15.9 Å². The van der Waals surface area contributed by atoms with Gasteiger partial charge in [-0.25, -0.2) is 0 Å². The first-order chi connectivity index (χ1) is 11.7. The molecular formula is C18H18BrNO4. The fourth-order valence-electron chi connectivity index (χ4n) is 2.07. The van der Waals surface area contributed by atoms with Crippen molar-refractivity contribution in [3.63, 3.8) is 0 Å². The second-order valence-corrected chi connectivity index (χ2v) is 5.53. The average molecular weight is 392 g/mol. The summed E-state index contributed by atoms with van der Waals surface area (Å²) in [6.07, 6.45) is 0. The Balaban J connectivity index is 2.00. The SMILES string of the molecule is CCOc1cc(C#N)cc(Br)c1OCCOc1ccccc1OC. The minimum atomic E-state index is 0.322. The van der Waals surface area contributed by atoms with Gasteiger partial charge in [-0.05, 0) is 41.1 Å². The maximum absolute atomic E-state index is 9.04. The number of benzene rings is 2. The van der Waals surface area contributed by atoms with Gasteiger partial charge in [0.1, 0.15) is 13.2 Å². The number of halogens is 1. The molecular weight excluding hydrogens is 374 g/mol. The summed E-state index contributed by atoms with van der Waals surface area (Å²) in [6, 6.07) is 12.9. The molecule has 5 nitrogen and oxygen atoms in total. The Kier molecular flexibility index (Phi) is 6.76. The second kappa shape index (κ2) is 9.04. The lowest BCUT2D eigenvalue weighted by atomic mass is 10.2. The van der Waals surface area contributed by atoms with Crippen molar-refractivity contribution in [2.45, 2.75) is 6.92 Å². The van der Waals surface area contributed by atoms with Crippen LogP contribution in [0, 0.1) is 11.3 Å². The highest BCUT2D eigenvalue weighted by atomic mass is 79.9. The van der Waals surface area contributed by atoms with E-state index in [9.17, 15) is 0 Å². The molecule has 126 valence electrons. The van der Waals surface area contributed by atoms with Crippen LogP contribution in [-0.2, 0) is 0 Å². The van der Waals surface area contributed by atoms with Crippen molar-refractivity contribution in [2.24, 2.45) is 0 Å². The maximum atomic E-state index is 9.04. The van der Waals surface area contributed by atoms with Gasteiger partial charge in [0, 0.05) is 6.07 Å². The van der Waals surface area contributed by atoms with Gasteiger partial charge in [-0.3, -0.25) is 0 Å². The predicted octanol–water partition coefficient (Wildman–Crippen LogP) is 4.19. The third-order valence-electron chi connectivity index (χ3n) is 3.09. The van der Waals surface area contributed by atoms with Crippen LogP contribution in [0.1, 0.15) is 12.5 Å². The van der Waals surface area contributed by atoms with Crippen molar-refractivity contribution in [1.29, 1.82) is 5.26 Å². The molecule has 6 heteroatoms. The van der Waals surface area contributed by atoms with E-state index >= 15 is 0 Å². The lowest BCUT2D eigenvalue weighted by Crippen LogP contribution is -2.10. The summed E-state index contributed by atoms with van der Waals surface area (Å²) in [5.74, 6) is 2.42. The minimum Gasteiger partial charge on any atom is -0.493 e. The molecule has 0 fully saturated rings. The number of hydrogen-bond acceptors (Lipinski definition) is 5. The summed E-state index contributed by atoms with van der Waals surface area (Å²) in [4.78, 5) is 0. The fraction of sp³-hybridized carbons (Fsp3) is 0.278. The van der Waals surface area contributed by atoms with Crippen LogP contribution in [0.5, 0.6) is 23.0 Å². The zero-order valence-electron chi connectivity index (χ0n) is 13.5. The third kappa shape index (κ3) is 4.56. The van der Waals surface area contributed by atoms with Gasteiger partial charge in [0.15, 0.2) is 23.0 Å². The molecule has 0 aliphatic heterocycles. The van der Waals surface area contributed by atoms with E-state index in [0.717, 1.165) is 0 Å². The molecule has 0 atom stereocenters. The Hall–Kier alpha value is -2.39. The largest absolute Gasteiger partial charge is 0.493 e. The van der Waals surface area contributed by atoms with Crippen LogP contribution in [0.4, 0.5) is 0 Å². The van der Waals surface area contributed by atoms with Crippen LogP contribution in [0.25, 0.3) is 0 Å². The quantitative estimate of drug-likeness (QED) is 0.631. The van der Waals surface area contributed by atoms with Gasteiger partial charge in [0.25, 0.3) is 0 Å². The van der Waals surface area contributed by atoms with Crippen LogP contribution >= 0.6 is 15.9 Å². The number of ether oxygens (including phenoxy) is 4. The Morgan fingerprint density at radius 2 is 1.71 bits per heavy atom. The van der Waals surface area contributed by atoms with Crippen LogP contribution in [0.15, 0.2) is 40.9 Å². The van der Waals surface area contributed by atoms with E-state index < -0.39 is 0 Å². The standard InChI is InChI=1S/C18H18BrNO4/c1-3-22-17-11-13(12-20)10-14(19)18(17)24-9-8-23-16-7-5-4-6-15(16)21-2/h4-7,10-11H,3,8-9H2,1-2H3. The van der Waals surface area contributed by atoms with E-state index in [1.807, 2.05) is 31.2 Å². The van der Waals surface area contributed by atoms with Gasteiger partial charge in [-0.2, -0.15) is 5.26 Å². The van der Waals surface area contributed by atoms with Gasteiger partial charge in [-0.15, -0.1) is 0 Å². The summed E-state index contributed by atoms with van der Waals surface area (Å²) in [7, 11) is 1.60. The van der Waals surface area contributed by atoms with E-state index in [4.69, 9.17) is 24.2 Å². The van der Waals surface area contributed by atoms with Crippen LogP contribution in [-0.4, -0.2) is 26.9 Å². The van der Waals surface area contributed by atoms with E-state index in [-0.39, 0.29) is 0 Å². The van der Waals surface area contributed by atoms with Gasteiger partial charge >= 0.3 is 0 Å². The van der Waals surface area contributed by atoms with Crippen molar-refractivity contribution in [3.05, 3.63) is 46.4 Å². The van der Waals surface area contributed by atoms with Crippen molar-refractivity contribution in [2.75, 3.05) is 26.9 Å². The number of rotatable bonds is 8. The summed E-state index contributed by atoms with van der Waals surface area (Å²) < 4.78 is 22.9. The van der Waals surface area contributed by atoms with Crippen molar-refractivity contribution in [3.8, 4) is 29.1 Å². The topological polar surface area (TPSA) is 60.7 Å². The Labute approximate surface area is 149 Å². The van der Waals surface area contributed by atoms with E-state index in [1.54, 1.807) is 19.2 Å². The monoisotopic (exact) mass is 391 g/mol. The highest BCUT2D eigenvalue weighted by molar-refractivity contribution is 9.10. The molecule has 0 radical (unpaired) electrons. The second-order valence-electron chi connectivity index (χ2n) is 4.68. The Morgan fingerprint density at radius 1 is 1.00 bits per heavy atom. The normalized spacial score (nSPS) is 9.92. The molecule has 0 N–H and O–H groups in total. The molecule has 2 rings (SSSR count). The Morgan fingerprint density at radius 3 is 2.38 bits per heavy atom. The molecule has 0 bridgehead atoms. The first kappa shape index (κ1) is 18.0. The lowest BCUT2D eigenvalue weighted by Gasteiger charge is -2.15. The molecule has 0 saturated heterocycles. The number of nitriles is 1. The number of methoxy groups -OCH3 is 1. The number of nitrogens with zero attached hydrogens (tertiary/aromatic N) is 1. The molecule has 24 heavy (non-hydrogen) atoms. The van der Waals surface area contributed by atoms with E-state index in [1.165, 1.54) is 0 Å². The highest BCUT2D eigenvalue weighted by Gasteiger charge is 2.12. The molecule has 0 unspecified atom stereocenters. The lowest BCUT2D eigenvalue weighted by molar-refractivity contribution is 0.202. The number of hydrogen-bond donors (Lipinski definition) is 0. The molecule has 0 aliphatic rings. The summed E-state index contributed by atoms with van der Waals surface area (Å²) in [5.41, 5.74) is 0.503. The number of para-hydroxylation sites is 2. The zero-order chi connectivity index (χ0) is 17.4. The molecule has 2 aromatic rings.